The summed E-state index contributed by atoms with van der Waals surface area (Å²) in [7, 11) is 0. The van der Waals surface area contributed by atoms with E-state index in [1.807, 2.05) is 24.3 Å². The van der Waals surface area contributed by atoms with Gasteiger partial charge in [0.1, 0.15) is 5.75 Å². The van der Waals surface area contributed by atoms with Crippen molar-refractivity contribution < 1.29 is 14.3 Å². The smallest absolute Gasteiger partial charge is 0.330 e. The quantitative estimate of drug-likeness (QED) is 0.0484. The van der Waals surface area contributed by atoms with E-state index in [0.717, 1.165) is 49.4 Å². The SMILES string of the molecule is C=CC(=O)OCCCCCCCCCCOc1ccc(N=Nc2ccc(CCCCCCCCCCCC)cc2)cc1. The molecule has 0 aliphatic rings. The number of aryl methyl sites for hydroxylation is 1. The van der Waals surface area contributed by atoms with E-state index in [0.29, 0.717) is 6.61 Å². The average molecular weight is 577 g/mol. The molecule has 0 aromatic heterocycles. The Bertz CT molecular complexity index is 970. The summed E-state index contributed by atoms with van der Waals surface area (Å²) in [6, 6.07) is 16.4. The molecule has 2 aromatic carbocycles. The van der Waals surface area contributed by atoms with E-state index in [1.165, 1.54) is 108 Å². The lowest BCUT2D eigenvalue weighted by molar-refractivity contribution is -0.137. The van der Waals surface area contributed by atoms with Crippen molar-refractivity contribution in [2.24, 2.45) is 10.2 Å². The molecule has 0 bridgehead atoms. The molecule has 0 fully saturated rings. The molecule has 0 N–H and O–H groups in total. The van der Waals surface area contributed by atoms with Crippen LogP contribution in [0, 0.1) is 0 Å². The van der Waals surface area contributed by atoms with Gasteiger partial charge in [0.25, 0.3) is 0 Å². The Morgan fingerprint density at radius 2 is 1.07 bits per heavy atom. The molecule has 0 aliphatic carbocycles. The summed E-state index contributed by atoms with van der Waals surface area (Å²) in [4.78, 5) is 11.0. The van der Waals surface area contributed by atoms with Crippen molar-refractivity contribution in [3.05, 3.63) is 66.7 Å². The van der Waals surface area contributed by atoms with Gasteiger partial charge in [0.2, 0.25) is 0 Å². The van der Waals surface area contributed by atoms with Crippen LogP contribution in [0.1, 0.15) is 128 Å². The maximum Gasteiger partial charge on any atom is 0.330 e. The third kappa shape index (κ3) is 18.5. The van der Waals surface area contributed by atoms with Gasteiger partial charge in [-0.05, 0) is 67.6 Å². The molecule has 0 heterocycles. The number of rotatable bonds is 26. The van der Waals surface area contributed by atoms with Crippen LogP contribution in [0.2, 0.25) is 0 Å². The number of unbranched alkanes of at least 4 members (excludes halogenated alkanes) is 16. The molecule has 0 saturated carbocycles. The predicted octanol–water partition coefficient (Wildman–Crippen LogP) is 11.8. The molecule has 0 radical (unpaired) electrons. The molecule has 0 saturated heterocycles. The highest BCUT2D eigenvalue weighted by Gasteiger charge is 1.99. The number of nitrogens with zero attached hydrogens (tertiary/aromatic N) is 2. The Hall–Kier alpha value is -2.95. The fraction of sp³-hybridized carbons (Fsp3) is 0.595. The number of benzene rings is 2. The van der Waals surface area contributed by atoms with Gasteiger partial charge in [-0.2, -0.15) is 10.2 Å². The Labute approximate surface area is 256 Å². The lowest BCUT2D eigenvalue weighted by Crippen LogP contribution is -2.01. The van der Waals surface area contributed by atoms with Crippen molar-refractivity contribution in [3.63, 3.8) is 0 Å². The monoisotopic (exact) mass is 576 g/mol. The van der Waals surface area contributed by atoms with Gasteiger partial charge in [0.05, 0.1) is 24.6 Å². The van der Waals surface area contributed by atoms with Crippen molar-refractivity contribution in [2.75, 3.05) is 13.2 Å². The second-order valence-electron chi connectivity index (χ2n) is 11.3. The molecular formula is C37H56N2O3. The molecule has 2 aromatic rings. The number of hydrogen-bond donors (Lipinski definition) is 0. The summed E-state index contributed by atoms with van der Waals surface area (Å²) in [5, 5.41) is 8.80. The highest BCUT2D eigenvalue weighted by molar-refractivity contribution is 5.81. The van der Waals surface area contributed by atoms with Crippen LogP contribution in [0.25, 0.3) is 0 Å². The van der Waals surface area contributed by atoms with E-state index < -0.39 is 0 Å². The maximum atomic E-state index is 11.0. The molecule has 5 heteroatoms. The number of carbonyl (C=O) groups is 1. The number of carbonyl (C=O) groups excluding carboxylic acids is 1. The predicted molar refractivity (Wildman–Crippen MR) is 176 cm³/mol. The van der Waals surface area contributed by atoms with Crippen molar-refractivity contribution in [1.29, 1.82) is 0 Å². The summed E-state index contributed by atoms with van der Waals surface area (Å²) in [6.45, 7) is 6.91. The minimum absolute atomic E-state index is 0.329. The third-order valence-electron chi connectivity index (χ3n) is 7.59. The highest BCUT2D eigenvalue weighted by Crippen LogP contribution is 2.22. The maximum absolute atomic E-state index is 11.0. The van der Waals surface area contributed by atoms with Gasteiger partial charge in [-0.25, -0.2) is 4.79 Å². The van der Waals surface area contributed by atoms with Crippen LogP contribution in [0.15, 0.2) is 71.4 Å². The van der Waals surface area contributed by atoms with E-state index in [1.54, 1.807) is 0 Å². The fourth-order valence-electron chi connectivity index (χ4n) is 4.96. The average Bonchev–Trinajstić information content (AvgIpc) is 3.02. The molecule has 0 spiro atoms. The molecule has 0 unspecified atom stereocenters. The second kappa shape index (κ2) is 24.6. The van der Waals surface area contributed by atoms with Gasteiger partial charge >= 0.3 is 5.97 Å². The lowest BCUT2D eigenvalue weighted by atomic mass is 10.0. The number of hydrogen-bond acceptors (Lipinski definition) is 5. The van der Waals surface area contributed by atoms with E-state index in [2.05, 4.69) is 48.0 Å². The molecular weight excluding hydrogens is 520 g/mol. The van der Waals surface area contributed by atoms with Gasteiger partial charge < -0.3 is 9.47 Å². The van der Waals surface area contributed by atoms with Crippen LogP contribution in [0.4, 0.5) is 11.4 Å². The largest absolute Gasteiger partial charge is 0.494 e. The summed E-state index contributed by atoms with van der Waals surface area (Å²) in [6.07, 6.45) is 25.3. The first-order chi connectivity index (χ1) is 20.7. The molecule has 5 nitrogen and oxygen atoms in total. The van der Waals surface area contributed by atoms with Crippen LogP contribution in [-0.4, -0.2) is 19.2 Å². The zero-order valence-electron chi connectivity index (χ0n) is 26.4. The number of azo groups is 1. The number of ether oxygens (including phenoxy) is 2. The Morgan fingerprint density at radius 1 is 0.619 bits per heavy atom. The number of esters is 1. The van der Waals surface area contributed by atoms with E-state index in [-0.39, 0.29) is 5.97 Å². The summed E-state index contributed by atoms with van der Waals surface area (Å²) >= 11 is 0. The molecule has 42 heavy (non-hydrogen) atoms. The van der Waals surface area contributed by atoms with Crippen LogP contribution in [-0.2, 0) is 16.0 Å². The molecule has 232 valence electrons. The van der Waals surface area contributed by atoms with Crippen molar-refractivity contribution in [3.8, 4) is 5.75 Å². The van der Waals surface area contributed by atoms with Crippen molar-refractivity contribution in [2.45, 2.75) is 129 Å². The van der Waals surface area contributed by atoms with Gasteiger partial charge in [0, 0.05) is 6.08 Å². The highest BCUT2D eigenvalue weighted by atomic mass is 16.5. The zero-order chi connectivity index (χ0) is 29.9. The lowest BCUT2D eigenvalue weighted by Gasteiger charge is -2.06. The van der Waals surface area contributed by atoms with Crippen LogP contribution in [0.5, 0.6) is 5.75 Å². The third-order valence-corrected chi connectivity index (χ3v) is 7.59. The minimum Gasteiger partial charge on any atom is -0.494 e. The summed E-state index contributed by atoms with van der Waals surface area (Å²) < 4.78 is 10.9. The first-order valence-corrected chi connectivity index (χ1v) is 16.7. The Morgan fingerprint density at radius 3 is 1.60 bits per heavy atom. The van der Waals surface area contributed by atoms with Crippen molar-refractivity contribution >= 4 is 17.3 Å². The van der Waals surface area contributed by atoms with Crippen molar-refractivity contribution in [1.82, 2.24) is 0 Å². The summed E-state index contributed by atoms with van der Waals surface area (Å²) in [5.74, 6) is 0.548. The first-order valence-electron chi connectivity index (χ1n) is 16.7. The Balaban J connectivity index is 1.48. The van der Waals surface area contributed by atoms with Gasteiger partial charge in [-0.15, -0.1) is 0 Å². The fourth-order valence-corrected chi connectivity index (χ4v) is 4.96. The zero-order valence-corrected chi connectivity index (χ0v) is 26.4. The van der Waals surface area contributed by atoms with Crippen LogP contribution in [0.3, 0.4) is 0 Å². The topological polar surface area (TPSA) is 60.2 Å². The second-order valence-corrected chi connectivity index (χ2v) is 11.3. The summed E-state index contributed by atoms with van der Waals surface area (Å²) in [5.41, 5.74) is 3.10. The Kier molecular flexibility index (Phi) is 20.7. The van der Waals surface area contributed by atoms with Crippen LogP contribution < -0.4 is 4.74 Å². The van der Waals surface area contributed by atoms with E-state index in [9.17, 15) is 4.79 Å². The molecule has 0 atom stereocenters. The van der Waals surface area contributed by atoms with Gasteiger partial charge in [0.15, 0.2) is 0 Å². The van der Waals surface area contributed by atoms with Crippen LogP contribution >= 0.6 is 0 Å². The minimum atomic E-state index is -0.329. The van der Waals surface area contributed by atoms with Gasteiger partial charge in [-0.1, -0.05) is 122 Å². The normalized spacial score (nSPS) is 11.2. The van der Waals surface area contributed by atoms with E-state index in [4.69, 9.17) is 9.47 Å². The molecule has 0 aliphatic heterocycles. The van der Waals surface area contributed by atoms with Gasteiger partial charge in [-0.3, -0.25) is 0 Å². The van der Waals surface area contributed by atoms with E-state index >= 15 is 0 Å². The first kappa shape index (κ1) is 35.2. The standard InChI is InChI=1S/C37H56N2O3/c1-3-5-6-7-8-9-10-13-16-19-22-33-23-25-34(26-24-33)38-39-35-27-29-36(30-28-35)41-31-20-17-14-11-12-15-18-21-32-42-37(40)4-2/h4,23-30H,2-3,5-22,31-32H2,1H3. The molecule has 2 rings (SSSR count). The molecule has 0 amide bonds.